The van der Waals surface area contributed by atoms with Crippen LogP contribution < -0.4 is 4.90 Å². The Morgan fingerprint density at radius 2 is 1.79 bits per heavy atom. The summed E-state index contributed by atoms with van der Waals surface area (Å²) in [7, 11) is 0. The molecule has 3 rings (SSSR count). The van der Waals surface area contributed by atoms with Crippen molar-refractivity contribution in [3.05, 3.63) is 59.3 Å². The third-order valence-corrected chi connectivity index (χ3v) is 3.80. The van der Waals surface area contributed by atoms with E-state index >= 15 is 0 Å². The lowest BCUT2D eigenvalue weighted by Gasteiger charge is -2.30. The van der Waals surface area contributed by atoms with Crippen molar-refractivity contribution in [2.24, 2.45) is 0 Å². The molecule has 0 saturated carbocycles. The van der Waals surface area contributed by atoms with Gasteiger partial charge in [-0.15, -0.1) is 0 Å². The SMILES string of the molecule is CC(C)c1cccc(N2CCc3ccccc3C2)n1. The van der Waals surface area contributed by atoms with Crippen LogP contribution in [0.2, 0.25) is 0 Å². The highest BCUT2D eigenvalue weighted by atomic mass is 15.2. The minimum Gasteiger partial charge on any atom is -0.352 e. The van der Waals surface area contributed by atoms with Gasteiger partial charge in [0.1, 0.15) is 5.82 Å². The minimum atomic E-state index is 0.483. The van der Waals surface area contributed by atoms with E-state index in [9.17, 15) is 0 Å². The molecule has 2 aromatic rings. The monoisotopic (exact) mass is 252 g/mol. The zero-order chi connectivity index (χ0) is 13.2. The molecular formula is C17H20N2. The summed E-state index contributed by atoms with van der Waals surface area (Å²) in [6, 6.07) is 15.1. The van der Waals surface area contributed by atoms with Crippen molar-refractivity contribution in [2.75, 3.05) is 11.4 Å². The molecule has 0 spiro atoms. The van der Waals surface area contributed by atoms with Crippen LogP contribution in [0.3, 0.4) is 0 Å². The summed E-state index contributed by atoms with van der Waals surface area (Å²) in [6.45, 7) is 6.42. The Balaban J connectivity index is 1.87. The number of aromatic nitrogens is 1. The minimum absolute atomic E-state index is 0.483. The molecule has 1 aliphatic heterocycles. The van der Waals surface area contributed by atoms with E-state index in [1.165, 1.54) is 16.8 Å². The number of hydrogen-bond acceptors (Lipinski definition) is 2. The number of fused-ring (bicyclic) bond motifs is 1. The fraction of sp³-hybridized carbons (Fsp3) is 0.353. The summed E-state index contributed by atoms with van der Waals surface area (Å²) in [5, 5.41) is 0. The zero-order valence-electron chi connectivity index (χ0n) is 11.6. The average Bonchev–Trinajstić information content (AvgIpc) is 2.47. The fourth-order valence-corrected chi connectivity index (χ4v) is 2.63. The number of hydrogen-bond donors (Lipinski definition) is 0. The van der Waals surface area contributed by atoms with E-state index in [0.29, 0.717) is 5.92 Å². The molecule has 2 heteroatoms. The molecule has 1 aliphatic rings. The molecule has 0 amide bonds. The number of nitrogens with zero attached hydrogens (tertiary/aromatic N) is 2. The van der Waals surface area contributed by atoms with E-state index in [4.69, 9.17) is 4.98 Å². The molecule has 19 heavy (non-hydrogen) atoms. The van der Waals surface area contributed by atoms with Crippen molar-refractivity contribution in [3.63, 3.8) is 0 Å². The fourth-order valence-electron chi connectivity index (χ4n) is 2.63. The van der Waals surface area contributed by atoms with Crippen molar-refractivity contribution in [1.82, 2.24) is 4.98 Å². The van der Waals surface area contributed by atoms with Crippen molar-refractivity contribution in [2.45, 2.75) is 32.7 Å². The van der Waals surface area contributed by atoms with Crippen LogP contribution in [-0.4, -0.2) is 11.5 Å². The molecular weight excluding hydrogens is 232 g/mol. The van der Waals surface area contributed by atoms with Crippen LogP contribution in [0, 0.1) is 0 Å². The number of benzene rings is 1. The van der Waals surface area contributed by atoms with Crippen LogP contribution in [0.25, 0.3) is 0 Å². The van der Waals surface area contributed by atoms with Gasteiger partial charge in [0, 0.05) is 18.8 Å². The van der Waals surface area contributed by atoms with E-state index in [1.807, 2.05) is 0 Å². The lowest BCUT2D eigenvalue weighted by atomic mass is 10.00. The number of pyridine rings is 1. The topological polar surface area (TPSA) is 16.1 Å². The second kappa shape index (κ2) is 5.04. The molecule has 1 aromatic carbocycles. The lowest BCUT2D eigenvalue weighted by Crippen LogP contribution is -2.31. The van der Waals surface area contributed by atoms with E-state index in [2.05, 4.69) is 61.2 Å². The first-order valence-corrected chi connectivity index (χ1v) is 7.03. The summed E-state index contributed by atoms with van der Waals surface area (Å²) < 4.78 is 0. The predicted octanol–water partition coefficient (Wildman–Crippen LogP) is 3.77. The molecule has 0 unspecified atom stereocenters. The Morgan fingerprint density at radius 3 is 2.58 bits per heavy atom. The van der Waals surface area contributed by atoms with Crippen LogP contribution in [0.1, 0.15) is 36.6 Å². The second-order valence-electron chi connectivity index (χ2n) is 5.52. The Morgan fingerprint density at radius 1 is 1.00 bits per heavy atom. The molecule has 98 valence electrons. The molecule has 2 heterocycles. The van der Waals surface area contributed by atoms with E-state index in [-0.39, 0.29) is 0 Å². The summed E-state index contributed by atoms with van der Waals surface area (Å²) in [4.78, 5) is 7.18. The summed E-state index contributed by atoms with van der Waals surface area (Å²) >= 11 is 0. The Bertz CT molecular complexity index is 575. The standard InChI is InChI=1S/C17H20N2/c1-13(2)16-8-5-9-17(18-16)19-11-10-14-6-3-4-7-15(14)12-19/h3-9,13H,10-12H2,1-2H3. The van der Waals surface area contributed by atoms with Crippen molar-refractivity contribution >= 4 is 5.82 Å². The molecule has 0 atom stereocenters. The normalized spacial score (nSPS) is 14.6. The van der Waals surface area contributed by atoms with Crippen LogP contribution >= 0.6 is 0 Å². The first kappa shape index (κ1) is 12.2. The smallest absolute Gasteiger partial charge is 0.129 e. The van der Waals surface area contributed by atoms with Crippen LogP contribution in [0.5, 0.6) is 0 Å². The molecule has 2 nitrogen and oxygen atoms in total. The first-order chi connectivity index (χ1) is 9.24. The Kier molecular flexibility index (Phi) is 3.24. The molecule has 0 N–H and O–H groups in total. The first-order valence-electron chi connectivity index (χ1n) is 7.03. The van der Waals surface area contributed by atoms with Crippen molar-refractivity contribution in [3.8, 4) is 0 Å². The molecule has 0 bridgehead atoms. The molecule has 0 aliphatic carbocycles. The molecule has 0 saturated heterocycles. The highest BCUT2D eigenvalue weighted by Gasteiger charge is 2.17. The quantitative estimate of drug-likeness (QED) is 0.809. The van der Waals surface area contributed by atoms with E-state index < -0.39 is 0 Å². The molecule has 0 radical (unpaired) electrons. The lowest BCUT2D eigenvalue weighted by molar-refractivity contribution is 0.712. The van der Waals surface area contributed by atoms with Gasteiger partial charge < -0.3 is 4.90 Å². The summed E-state index contributed by atoms with van der Waals surface area (Å²) in [5.41, 5.74) is 4.10. The summed E-state index contributed by atoms with van der Waals surface area (Å²) in [6.07, 6.45) is 1.11. The Labute approximate surface area is 115 Å². The van der Waals surface area contributed by atoms with Crippen LogP contribution in [0.15, 0.2) is 42.5 Å². The zero-order valence-corrected chi connectivity index (χ0v) is 11.6. The van der Waals surface area contributed by atoms with Crippen LogP contribution in [0.4, 0.5) is 5.82 Å². The average molecular weight is 252 g/mol. The third-order valence-electron chi connectivity index (χ3n) is 3.80. The maximum absolute atomic E-state index is 4.79. The van der Waals surface area contributed by atoms with Gasteiger partial charge in [-0.05, 0) is 35.6 Å². The number of rotatable bonds is 2. The maximum atomic E-state index is 4.79. The molecule has 0 fully saturated rings. The van der Waals surface area contributed by atoms with Gasteiger partial charge in [-0.2, -0.15) is 0 Å². The van der Waals surface area contributed by atoms with Gasteiger partial charge in [0.05, 0.1) is 0 Å². The van der Waals surface area contributed by atoms with Crippen molar-refractivity contribution in [1.29, 1.82) is 0 Å². The second-order valence-corrected chi connectivity index (χ2v) is 5.52. The predicted molar refractivity (Wildman–Crippen MR) is 79.5 cm³/mol. The Hall–Kier alpha value is -1.83. The number of anilines is 1. The van der Waals surface area contributed by atoms with Crippen LogP contribution in [-0.2, 0) is 13.0 Å². The van der Waals surface area contributed by atoms with Gasteiger partial charge in [-0.1, -0.05) is 44.2 Å². The third kappa shape index (κ3) is 2.48. The highest BCUT2D eigenvalue weighted by molar-refractivity contribution is 5.44. The van der Waals surface area contributed by atoms with E-state index in [0.717, 1.165) is 25.3 Å². The maximum Gasteiger partial charge on any atom is 0.129 e. The van der Waals surface area contributed by atoms with Gasteiger partial charge in [-0.3, -0.25) is 0 Å². The van der Waals surface area contributed by atoms with Crippen molar-refractivity contribution < 1.29 is 0 Å². The highest BCUT2D eigenvalue weighted by Crippen LogP contribution is 2.24. The summed E-state index contributed by atoms with van der Waals surface area (Å²) in [5.74, 6) is 1.60. The van der Waals surface area contributed by atoms with Gasteiger partial charge in [0.15, 0.2) is 0 Å². The van der Waals surface area contributed by atoms with Gasteiger partial charge in [-0.25, -0.2) is 4.98 Å². The van der Waals surface area contributed by atoms with Gasteiger partial charge >= 0.3 is 0 Å². The van der Waals surface area contributed by atoms with Gasteiger partial charge in [0.25, 0.3) is 0 Å². The van der Waals surface area contributed by atoms with Gasteiger partial charge in [0.2, 0.25) is 0 Å². The molecule has 1 aromatic heterocycles. The van der Waals surface area contributed by atoms with E-state index in [1.54, 1.807) is 0 Å². The largest absolute Gasteiger partial charge is 0.352 e.